The summed E-state index contributed by atoms with van der Waals surface area (Å²) >= 11 is 0. The Kier molecular flexibility index (Phi) is 2.72. The quantitative estimate of drug-likeness (QED) is 0.645. The average molecular weight is 222 g/mol. The Morgan fingerprint density at radius 3 is 2.65 bits per heavy atom. The molecule has 0 spiro atoms. The van der Waals surface area contributed by atoms with Crippen LogP contribution in [0.25, 0.3) is 10.8 Å². The molecule has 1 fully saturated rings. The molecule has 1 saturated carbocycles. The number of benzene rings is 2. The highest BCUT2D eigenvalue weighted by atomic mass is 14.4. The number of rotatable bonds is 4. The molecule has 0 nitrogen and oxygen atoms in total. The van der Waals surface area contributed by atoms with E-state index in [4.69, 9.17) is 0 Å². The van der Waals surface area contributed by atoms with E-state index in [9.17, 15) is 0 Å². The van der Waals surface area contributed by atoms with Gasteiger partial charge in [0, 0.05) is 0 Å². The third-order valence-electron chi connectivity index (χ3n) is 3.83. The molecule has 17 heavy (non-hydrogen) atoms. The van der Waals surface area contributed by atoms with Gasteiger partial charge >= 0.3 is 0 Å². The number of hydrogen-bond acceptors (Lipinski definition) is 0. The molecule has 0 saturated heterocycles. The molecule has 1 atom stereocenters. The summed E-state index contributed by atoms with van der Waals surface area (Å²) in [5.41, 5.74) is 1.52. The summed E-state index contributed by atoms with van der Waals surface area (Å²) < 4.78 is 0. The smallest absolute Gasteiger partial charge is 0.00930 e. The van der Waals surface area contributed by atoms with E-state index in [1.807, 2.05) is 0 Å². The van der Waals surface area contributed by atoms with Crippen LogP contribution >= 0.6 is 0 Å². The molecule has 1 aliphatic rings. The molecule has 1 aliphatic carbocycles. The van der Waals surface area contributed by atoms with Crippen molar-refractivity contribution in [3.63, 3.8) is 0 Å². The minimum atomic E-state index is 0.679. The van der Waals surface area contributed by atoms with E-state index in [1.54, 1.807) is 0 Å². The maximum atomic E-state index is 3.92. The standard InChI is InChI=1S/C17H18/c1-2-6-15(14-11-12-14)17-10-5-8-13-7-3-4-9-16(13)17/h2-5,7-10,14-15H,1,6,11-12H2. The van der Waals surface area contributed by atoms with Gasteiger partial charge < -0.3 is 0 Å². The molecule has 0 N–H and O–H groups in total. The highest BCUT2D eigenvalue weighted by molar-refractivity contribution is 5.86. The lowest BCUT2D eigenvalue weighted by molar-refractivity contribution is 0.619. The first-order valence-corrected chi connectivity index (χ1v) is 6.48. The number of fused-ring (bicyclic) bond motifs is 1. The van der Waals surface area contributed by atoms with E-state index in [1.165, 1.54) is 29.2 Å². The van der Waals surface area contributed by atoms with E-state index >= 15 is 0 Å². The van der Waals surface area contributed by atoms with Crippen molar-refractivity contribution in [1.29, 1.82) is 0 Å². The van der Waals surface area contributed by atoms with E-state index in [0.29, 0.717) is 5.92 Å². The van der Waals surface area contributed by atoms with Crippen LogP contribution in [0.3, 0.4) is 0 Å². The van der Waals surface area contributed by atoms with E-state index < -0.39 is 0 Å². The monoisotopic (exact) mass is 222 g/mol. The SMILES string of the molecule is C=CCC(c1cccc2ccccc12)C1CC1. The van der Waals surface area contributed by atoms with Crippen LogP contribution in [0.5, 0.6) is 0 Å². The molecule has 2 aromatic carbocycles. The van der Waals surface area contributed by atoms with Crippen LogP contribution in [-0.2, 0) is 0 Å². The van der Waals surface area contributed by atoms with Crippen LogP contribution < -0.4 is 0 Å². The lowest BCUT2D eigenvalue weighted by Gasteiger charge is -2.17. The fourth-order valence-electron chi connectivity index (χ4n) is 2.83. The van der Waals surface area contributed by atoms with Crippen molar-refractivity contribution in [2.75, 3.05) is 0 Å². The van der Waals surface area contributed by atoms with Gasteiger partial charge in [-0.25, -0.2) is 0 Å². The molecule has 2 aromatic rings. The fourth-order valence-corrected chi connectivity index (χ4v) is 2.83. The predicted molar refractivity (Wildman–Crippen MR) is 74.2 cm³/mol. The molecule has 0 radical (unpaired) electrons. The average Bonchev–Trinajstić information content (AvgIpc) is 3.20. The second-order valence-electron chi connectivity index (χ2n) is 5.04. The molecule has 0 aromatic heterocycles. The van der Waals surface area contributed by atoms with Gasteiger partial charge in [0.05, 0.1) is 0 Å². The van der Waals surface area contributed by atoms with Crippen LogP contribution in [0.2, 0.25) is 0 Å². The van der Waals surface area contributed by atoms with Crippen molar-refractivity contribution in [1.82, 2.24) is 0 Å². The van der Waals surface area contributed by atoms with Crippen LogP contribution in [-0.4, -0.2) is 0 Å². The zero-order valence-electron chi connectivity index (χ0n) is 10.1. The zero-order chi connectivity index (χ0) is 11.7. The summed E-state index contributed by atoms with van der Waals surface area (Å²) in [5.74, 6) is 1.57. The summed E-state index contributed by atoms with van der Waals surface area (Å²) in [5, 5.41) is 2.79. The molecule has 0 heterocycles. The first-order valence-electron chi connectivity index (χ1n) is 6.48. The first kappa shape index (κ1) is 10.6. The van der Waals surface area contributed by atoms with E-state index in [2.05, 4.69) is 55.1 Å². The van der Waals surface area contributed by atoms with Crippen LogP contribution in [0.15, 0.2) is 55.1 Å². The Labute approximate surface area is 103 Å². The van der Waals surface area contributed by atoms with Crippen molar-refractivity contribution in [2.24, 2.45) is 5.92 Å². The fraction of sp³-hybridized carbons (Fsp3) is 0.294. The summed E-state index contributed by atoms with van der Waals surface area (Å²) in [6.07, 6.45) is 5.97. The van der Waals surface area contributed by atoms with Gasteiger partial charge in [-0.2, -0.15) is 0 Å². The van der Waals surface area contributed by atoms with Crippen molar-refractivity contribution in [3.8, 4) is 0 Å². The second kappa shape index (κ2) is 4.37. The maximum absolute atomic E-state index is 3.92. The van der Waals surface area contributed by atoms with Crippen molar-refractivity contribution < 1.29 is 0 Å². The third-order valence-corrected chi connectivity index (χ3v) is 3.83. The molecule has 3 rings (SSSR count). The summed E-state index contributed by atoms with van der Waals surface area (Å²) in [4.78, 5) is 0. The van der Waals surface area contributed by atoms with Crippen molar-refractivity contribution >= 4 is 10.8 Å². The largest absolute Gasteiger partial charge is 0.103 e. The molecule has 1 unspecified atom stereocenters. The van der Waals surface area contributed by atoms with Gasteiger partial charge in [-0.15, -0.1) is 6.58 Å². The lowest BCUT2D eigenvalue weighted by Crippen LogP contribution is -2.00. The lowest BCUT2D eigenvalue weighted by atomic mass is 9.87. The first-order chi connectivity index (χ1) is 8.40. The van der Waals surface area contributed by atoms with Gasteiger partial charge in [0.1, 0.15) is 0 Å². The van der Waals surface area contributed by atoms with Gasteiger partial charge in [-0.1, -0.05) is 48.5 Å². The van der Waals surface area contributed by atoms with Crippen LogP contribution in [0.4, 0.5) is 0 Å². The van der Waals surface area contributed by atoms with Gasteiger partial charge in [-0.05, 0) is 47.4 Å². The highest BCUT2D eigenvalue weighted by Crippen LogP contribution is 2.46. The number of hydrogen-bond donors (Lipinski definition) is 0. The summed E-state index contributed by atoms with van der Waals surface area (Å²) in [6, 6.07) is 15.4. The van der Waals surface area contributed by atoms with Crippen molar-refractivity contribution in [3.05, 3.63) is 60.7 Å². The second-order valence-corrected chi connectivity index (χ2v) is 5.04. The molecule has 0 amide bonds. The Hall–Kier alpha value is -1.56. The van der Waals surface area contributed by atoms with Gasteiger partial charge in [-0.3, -0.25) is 0 Å². The molecule has 0 aliphatic heterocycles. The highest BCUT2D eigenvalue weighted by Gasteiger charge is 2.31. The van der Waals surface area contributed by atoms with E-state index in [0.717, 1.165) is 12.3 Å². The molecular formula is C17H18. The maximum Gasteiger partial charge on any atom is -0.00930 e. The van der Waals surface area contributed by atoms with Gasteiger partial charge in [0.2, 0.25) is 0 Å². The molecule has 86 valence electrons. The molecule has 0 heteroatoms. The Morgan fingerprint density at radius 1 is 1.12 bits per heavy atom. The zero-order valence-corrected chi connectivity index (χ0v) is 10.1. The van der Waals surface area contributed by atoms with Crippen molar-refractivity contribution in [2.45, 2.75) is 25.2 Å². The number of allylic oxidation sites excluding steroid dienone is 1. The van der Waals surface area contributed by atoms with E-state index in [-0.39, 0.29) is 0 Å². The van der Waals surface area contributed by atoms with Gasteiger partial charge in [0.25, 0.3) is 0 Å². The summed E-state index contributed by atoms with van der Waals surface area (Å²) in [6.45, 7) is 3.92. The summed E-state index contributed by atoms with van der Waals surface area (Å²) in [7, 11) is 0. The van der Waals surface area contributed by atoms with Crippen LogP contribution in [0.1, 0.15) is 30.7 Å². The third kappa shape index (κ3) is 2.00. The molecule has 0 bridgehead atoms. The van der Waals surface area contributed by atoms with Crippen LogP contribution in [0, 0.1) is 5.92 Å². The minimum absolute atomic E-state index is 0.679. The Balaban J connectivity index is 2.11. The molecular weight excluding hydrogens is 204 g/mol. The van der Waals surface area contributed by atoms with Gasteiger partial charge in [0.15, 0.2) is 0 Å². The minimum Gasteiger partial charge on any atom is -0.103 e. The Bertz CT molecular complexity index is 529. The predicted octanol–water partition coefficient (Wildman–Crippen LogP) is 4.91. The Morgan fingerprint density at radius 2 is 1.88 bits per heavy atom. The normalized spacial score (nSPS) is 16.9. The topological polar surface area (TPSA) is 0 Å².